The molecule has 0 amide bonds. The van der Waals surface area contributed by atoms with Gasteiger partial charge < -0.3 is 16.6 Å². The van der Waals surface area contributed by atoms with Crippen molar-refractivity contribution in [2.45, 2.75) is 0 Å². The van der Waals surface area contributed by atoms with Crippen LogP contribution in [0.4, 0.5) is 0 Å². The molecular formula is C10H19N3O8S2. The van der Waals surface area contributed by atoms with Gasteiger partial charge >= 0.3 is 5.97 Å². The van der Waals surface area contributed by atoms with Crippen molar-refractivity contribution in [1.82, 2.24) is 0 Å². The molecular weight excluding hydrogens is 354 g/mol. The lowest BCUT2D eigenvalue weighted by molar-refractivity contribution is 0.0697. The minimum atomic E-state index is -3.67. The highest BCUT2D eigenvalue weighted by Gasteiger charge is 1.96. The third-order valence-electron chi connectivity index (χ3n) is 1.02. The molecule has 1 rings (SSSR count). The van der Waals surface area contributed by atoms with E-state index < -0.39 is 26.2 Å². The Morgan fingerprint density at radius 3 is 1.30 bits per heavy atom. The van der Waals surface area contributed by atoms with Gasteiger partial charge in [0.1, 0.15) is 0 Å². The zero-order chi connectivity index (χ0) is 19.3. The molecule has 1 aromatic rings. The smallest absolute Gasteiger partial charge is 0.335 e. The third kappa shape index (κ3) is 65.4. The van der Waals surface area contributed by atoms with E-state index in [-0.39, 0.29) is 5.96 Å². The van der Waals surface area contributed by atoms with Crippen LogP contribution in [-0.4, -0.2) is 55.5 Å². The van der Waals surface area contributed by atoms with Gasteiger partial charge in [0, 0.05) is 0 Å². The quantitative estimate of drug-likeness (QED) is 0.205. The predicted octanol–water partition coefficient (Wildman–Crippen LogP) is -0.769. The first-order valence-corrected chi connectivity index (χ1v) is 8.96. The molecule has 8 N–H and O–H groups in total. The first-order chi connectivity index (χ1) is 10.0. The van der Waals surface area contributed by atoms with E-state index >= 15 is 0 Å². The topological polar surface area (TPSA) is 222 Å². The van der Waals surface area contributed by atoms with E-state index in [0.717, 1.165) is 0 Å². The van der Waals surface area contributed by atoms with Crippen LogP contribution in [0.3, 0.4) is 0 Å². The highest BCUT2D eigenvalue weighted by molar-refractivity contribution is 7.85. The molecule has 13 heteroatoms. The minimum Gasteiger partial charge on any atom is -0.478 e. The summed E-state index contributed by atoms with van der Waals surface area (Å²) >= 11 is 0. The summed E-state index contributed by atoms with van der Waals surface area (Å²) in [5.74, 6) is -1.21. The molecule has 0 atom stereocenters. The van der Waals surface area contributed by atoms with Gasteiger partial charge in [-0.2, -0.15) is 16.8 Å². The fourth-order valence-electron chi connectivity index (χ4n) is 0.581. The molecule has 1 aromatic carbocycles. The number of carboxylic acids is 1. The SMILES string of the molecule is CS(=O)(=O)O.CS(=O)(=O)O.N=C(N)N.O=C(O)c1ccccc1. The van der Waals surface area contributed by atoms with Crippen molar-refractivity contribution in [3.05, 3.63) is 35.9 Å². The highest BCUT2D eigenvalue weighted by atomic mass is 32.2. The molecule has 0 heterocycles. The summed E-state index contributed by atoms with van der Waals surface area (Å²) in [7, 11) is -7.33. The number of carbonyl (C=O) groups is 1. The van der Waals surface area contributed by atoms with E-state index in [2.05, 4.69) is 11.5 Å². The monoisotopic (exact) mass is 373 g/mol. The number of nitrogens with one attached hydrogen (secondary N) is 1. The number of aromatic carboxylic acids is 1. The van der Waals surface area contributed by atoms with Crippen LogP contribution in [0.15, 0.2) is 30.3 Å². The fraction of sp³-hybridized carbons (Fsp3) is 0.200. The molecule has 0 unspecified atom stereocenters. The molecule has 0 spiro atoms. The zero-order valence-corrected chi connectivity index (χ0v) is 13.9. The van der Waals surface area contributed by atoms with Gasteiger partial charge in [-0.15, -0.1) is 0 Å². The zero-order valence-electron chi connectivity index (χ0n) is 12.2. The Hall–Kier alpha value is -2.22. The first-order valence-electron chi connectivity index (χ1n) is 5.26. The van der Waals surface area contributed by atoms with Gasteiger partial charge in [-0.05, 0) is 12.1 Å². The lowest BCUT2D eigenvalue weighted by Crippen LogP contribution is -2.20. The summed E-state index contributed by atoms with van der Waals surface area (Å²) in [5.41, 5.74) is 9.28. The molecule has 0 aliphatic carbocycles. The molecule has 0 aromatic heterocycles. The number of benzene rings is 1. The third-order valence-corrected chi connectivity index (χ3v) is 1.02. The molecule has 0 bridgehead atoms. The first kappa shape index (κ1) is 25.7. The Kier molecular flexibility index (Phi) is 13.8. The van der Waals surface area contributed by atoms with Crippen LogP contribution >= 0.6 is 0 Å². The van der Waals surface area contributed by atoms with E-state index in [0.29, 0.717) is 18.1 Å². The largest absolute Gasteiger partial charge is 0.478 e. The van der Waals surface area contributed by atoms with Crippen LogP contribution in [-0.2, 0) is 20.2 Å². The maximum absolute atomic E-state index is 10.2. The summed E-state index contributed by atoms with van der Waals surface area (Å²) in [6.07, 6.45) is 1.43. The highest BCUT2D eigenvalue weighted by Crippen LogP contribution is 1.96. The molecule has 11 nitrogen and oxygen atoms in total. The second kappa shape index (κ2) is 12.3. The number of nitrogens with two attached hydrogens (primary N) is 2. The average molecular weight is 373 g/mol. The molecule has 0 saturated heterocycles. The maximum Gasteiger partial charge on any atom is 0.335 e. The van der Waals surface area contributed by atoms with Crippen LogP contribution < -0.4 is 11.5 Å². The van der Waals surface area contributed by atoms with Crippen molar-refractivity contribution in [3.8, 4) is 0 Å². The summed E-state index contributed by atoms with van der Waals surface area (Å²) < 4.78 is 51.7. The summed E-state index contributed by atoms with van der Waals surface area (Å²) in [4.78, 5) is 10.2. The molecule has 0 aliphatic rings. The number of guanidine groups is 1. The van der Waals surface area contributed by atoms with Crippen LogP contribution in [0.2, 0.25) is 0 Å². The van der Waals surface area contributed by atoms with Crippen LogP contribution in [0.5, 0.6) is 0 Å². The molecule has 134 valence electrons. The maximum atomic E-state index is 10.2. The van der Waals surface area contributed by atoms with Crippen LogP contribution in [0.1, 0.15) is 10.4 Å². The van der Waals surface area contributed by atoms with Gasteiger partial charge in [-0.3, -0.25) is 14.5 Å². The molecule has 23 heavy (non-hydrogen) atoms. The molecule has 0 fully saturated rings. The Bertz CT molecular complexity index is 621. The van der Waals surface area contributed by atoms with Crippen molar-refractivity contribution < 1.29 is 35.8 Å². The lowest BCUT2D eigenvalue weighted by Gasteiger charge is -1.88. The lowest BCUT2D eigenvalue weighted by atomic mass is 10.2. The van der Waals surface area contributed by atoms with Gasteiger partial charge in [-0.25, -0.2) is 4.79 Å². The summed E-state index contributed by atoms with van der Waals surface area (Å²) in [6.45, 7) is 0. The van der Waals surface area contributed by atoms with E-state index in [4.69, 9.17) is 19.6 Å². The molecule has 0 radical (unpaired) electrons. The van der Waals surface area contributed by atoms with Gasteiger partial charge in [-0.1, -0.05) is 18.2 Å². The Labute approximate surface area is 133 Å². The van der Waals surface area contributed by atoms with E-state index in [9.17, 15) is 21.6 Å². The number of hydrogen-bond donors (Lipinski definition) is 6. The van der Waals surface area contributed by atoms with Crippen LogP contribution in [0, 0.1) is 5.41 Å². The number of carboxylic acid groups (broad SMARTS) is 1. The predicted molar refractivity (Wildman–Crippen MR) is 84.4 cm³/mol. The van der Waals surface area contributed by atoms with Crippen molar-refractivity contribution >= 4 is 32.2 Å². The van der Waals surface area contributed by atoms with Crippen LogP contribution in [0.25, 0.3) is 0 Å². The second-order valence-electron chi connectivity index (χ2n) is 3.59. The van der Waals surface area contributed by atoms with Gasteiger partial charge in [0.25, 0.3) is 20.2 Å². The number of hydrogen-bond acceptors (Lipinski definition) is 6. The number of rotatable bonds is 1. The van der Waals surface area contributed by atoms with Crippen molar-refractivity contribution in [2.75, 3.05) is 12.5 Å². The second-order valence-corrected chi connectivity index (χ2v) is 6.52. The van der Waals surface area contributed by atoms with Crippen molar-refractivity contribution in [1.29, 1.82) is 5.41 Å². The van der Waals surface area contributed by atoms with Gasteiger partial charge in [0.05, 0.1) is 18.1 Å². The molecule has 0 saturated carbocycles. The minimum absolute atomic E-state index is 0.331. The standard InChI is InChI=1S/C7H6O2.CH5N3.2CH4O3S/c8-7(9)6-4-2-1-3-5-6;2-1(3)4;2*1-5(2,3)4/h1-5H,(H,8,9);(H5,2,3,4);2*1H3,(H,2,3,4). The van der Waals surface area contributed by atoms with Gasteiger partial charge in [0.15, 0.2) is 5.96 Å². The summed E-state index contributed by atoms with van der Waals surface area (Å²) in [6, 6.07) is 8.30. The van der Waals surface area contributed by atoms with Crippen molar-refractivity contribution in [3.63, 3.8) is 0 Å². The van der Waals surface area contributed by atoms with Crippen molar-refractivity contribution in [2.24, 2.45) is 11.5 Å². The van der Waals surface area contributed by atoms with Gasteiger partial charge in [0.2, 0.25) is 0 Å². The normalized spacial score (nSPS) is 9.57. The Morgan fingerprint density at radius 1 is 0.957 bits per heavy atom. The fourth-order valence-corrected chi connectivity index (χ4v) is 0.581. The van der Waals surface area contributed by atoms with E-state index in [1.165, 1.54) is 0 Å². The summed E-state index contributed by atoms with van der Waals surface area (Å²) in [5, 5.41) is 14.4. The van der Waals surface area contributed by atoms with E-state index in [1.54, 1.807) is 30.3 Å². The molecule has 0 aliphatic heterocycles. The Balaban J connectivity index is -0.000000249. The van der Waals surface area contributed by atoms with E-state index in [1.807, 2.05) is 0 Å². The Morgan fingerprint density at radius 2 is 1.17 bits per heavy atom. The average Bonchev–Trinajstić information content (AvgIpc) is 2.24.